The Bertz CT molecular complexity index is 319. The van der Waals surface area contributed by atoms with Gasteiger partial charge in [0.05, 0.1) is 0 Å². The highest BCUT2D eigenvalue weighted by Crippen LogP contribution is 2.10. The quantitative estimate of drug-likeness (QED) is 0.754. The van der Waals surface area contributed by atoms with Gasteiger partial charge in [-0.2, -0.15) is 0 Å². The molecule has 0 aliphatic rings. The Morgan fingerprint density at radius 1 is 1.36 bits per heavy atom. The minimum Gasteiger partial charge on any atom is -0.460 e. The van der Waals surface area contributed by atoms with E-state index in [1.807, 2.05) is 24.3 Å². The third kappa shape index (κ3) is 3.70. The van der Waals surface area contributed by atoms with Crippen molar-refractivity contribution in [2.24, 2.45) is 0 Å². The molecule has 1 aromatic carbocycles. The minimum absolute atomic E-state index is 0.112. The molecule has 0 bridgehead atoms. The standard InChI is InChI=1S/C10H9BrO3/c11-9-3-1-8(2-4-9)5-10(13)6-14-7-12/h1-4,7H,5-6H2. The van der Waals surface area contributed by atoms with Gasteiger partial charge in [0.2, 0.25) is 0 Å². The lowest BCUT2D eigenvalue weighted by molar-refractivity contribution is -0.136. The first-order chi connectivity index (χ1) is 6.72. The predicted molar refractivity (Wildman–Crippen MR) is 54.9 cm³/mol. The second-order valence-corrected chi connectivity index (χ2v) is 3.66. The number of ketones is 1. The minimum atomic E-state index is -0.153. The number of Topliss-reactive ketones (excluding diaryl/α,β-unsaturated/α-hetero) is 1. The summed E-state index contributed by atoms with van der Waals surface area (Å²) in [6, 6.07) is 7.43. The summed E-state index contributed by atoms with van der Waals surface area (Å²) in [7, 11) is 0. The van der Waals surface area contributed by atoms with Gasteiger partial charge in [0.25, 0.3) is 6.47 Å². The van der Waals surface area contributed by atoms with E-state index in [4.69, 9.17) is 0 Å². The molecule has 1 aromatic rings. The SMILES string of the molecule is O=COCC(=O)Cc1ccc(Br)cc1. The highest BCUT2D eigenvalue weighted by atomic mass is 79.9. The van der Waals surface area contributed by atoms with E-state index in [9.17, 15) is 9.59 Å². The van der Waals surface area contributed by atoms with Crippen molar-refractivity contribution < 1.29 is 14.3 Å². The molecular formula is C10H9BrO3. The molecule has 0 heterocycles. The van der Waals surface area contributed by atoms with E-state index in [-0.39, 0.29) is 18.9 Å². The van der Waals surface area contributed by atoms with Crippen LogP contribution in [0, 0.1) is 0 Å². The lowest BCUT2D eigenvalue weighted by Gasteiger charge is -2.00. The zero-order valence-electron chi connectivity index (χ0n) is 7.40. The van der Waals surface area contributed by atoms with Gasteiger partial charge in [0, 0.05) is 10.9 Å². The average Bonchev–Trinajstić information content (AvgIpc) is 2.18. The molecule has 0 unspecified atom stereocenters. The fraction of sp³-hybridized carbons (Fsp3) is 0.200. The fourth-order valence-electron chi connectivity index (χ4n) is 1.01. The van der Waals surface area contributed by atoms with Crippen molar-refractivity contribution in [2.75, 3.05) is 6.61 Å². The topological polar surface area (TPSA) is 43.4 Å². The Hall–Kier alpha value is -1.16. The van der Waals surface area contributed by atoms with Crippen LogP contribution in [0.15, 0.2) is 28.7 Å². The molecule has 0 spiro atoms. The van der Waals surface area contributed by atoms with Gasteiger partial charge in [0.15, 0.2) is 5.78 Å². The van der Waals surface area contributed by atoms with Crippen LogP contribution in [0.5, 0.6) is 0 Å². The van der Waals surface area contributed by atoms with E-state index < -0.39 is 0 Å². The number of carbonyl (C=O) groups is 2. The van der Waals surface area contributed by atoms with Gasteiger partial charge in [-0.05, 0) is 17.7 Å². The fourth-order valence-corrected chi connectivity index (χ4v) is 1.27. The summed E-state index contributed by atoms with van der Waals surface area (Å²) in [4.78, 5) is 21.0. The third-order valence-electron chi connectivity index (χ3n) is 1.63. The number of carbonyl (C=O) groups excluding carboxylic acids is 2. The summed E-state index contributed by atoms with van der Waals surface area (Å²) >= 11 is 3.30. The zero-order chi connectivity index (χ0) is 10.4. The monoisotopic (exact) mass is 256 g/mol. The first-order valence-electron chi connectivity index (χ1n) is 4.04. The maximum absolute atomic E-state index is 11.2. The maximum atomic E-state index is 11.2. The van der Waals surface area contributed by atoms with Crippen LogP contribution in [0.3, 0.4) is 0 Å². The van der Waals surface area contributed by atoms with Crippen LogP contribution in [-0.2, 0) is 20.7 Å². The Morgan fingerprint density at radius 2 is 2.00 bits per heavy atom. The summed E-state index contributed by atoms with van der Waals surface area (Å²) < 4.78 is 5.32. The largest absolute Gasteiger partial charge is 0.460 e. The number of hydrogen-bond donors (Lipinski definition) is 0. The number of rotatable bonds is 5. The molecule has 0 radical (unpaired) electrons. The van der Waals surface area contributed by atoms with Crippen LogP contribution in [0.4, 0.5) is 0 Å². The molecule has 0 aliphatic heterocycles. The van der Waals surface area contributed by atoms with Crippen LogP contribution in [0.2, 0.25) is 0 Å². The molecule has 0 aliphatic carbocycles. The maximum Gasteiger partial charge on any atom is 0.293 e. The van der Waals surface area contributed by atoms with Crippen LogP contribution >= 0.6 is 15.9 Å². The molecule has 0 atom stereocenters. The van der Waals surface area contributed by atoms with E-state index in [1.54, 1.807) is 0 Å². The molecule has 4 heteroatoms. The molecule has 74 valence electrons. The lowest BCUT2D eigenvalue weighted by Crippen LogP contribution is -2.10. The van der Waals surface area contributed by atoms with Crippen LogP contribution in [-0.4, -0.2) is 18.9 Å². The zero-order valence-corrected chi connectivity index (χ0v) is 8.99. The molecule has 0 amide bonds. The van der Waals surface area contributed by atoms with Gasteiger partial charge in [-0.15, -0.1) is 0 Å². The Balaban J connectivity index is 2.47. The molecule has 0 saturated carbocycles. The van der Waals surface area contributed by atoms with Crippen molar-refractivity contribution in [1.82, 2.24) is 0 Å². The van der Waals surface area contributed by atoms with Crippen LogP contribution in [0.25, 0.3) is 0 Å². The Labute approximate surface area is 90.2 Å². The number of benzene rings is 1. The normalized spacial score (nSPS) is 9.50. The molecule has 0 saturated heterocycles. The summed E-state index contributed by atoms with van der Waals surface area (Å²) in [5, 5.41) is 0. The first kappa shape index (κ1) is 10.9. The van der Waals surface area contributed by atoms with Crippen molar-refractivity contribution in [3.05, 3.63) is 34.3 Å². The van der Waals surface area contributed by atoms with E-state index in [0.29, 0.717) is 6.42 Å². The second-order valence-electron chi connectivity index (χ2n) is 2.75. The van der Waals surface area contributed by atoms with Crippen molar-refractivity contribution in [3.8, 4) is 0 Å². The van der Waals surface area contributed by atoms with Crippen molar-refractivity contribution in [1.29, 1.82) is 0 Å². The first-order valence-corrected chi connectivity index (χ1v) is 4.83. The number of ether oxygens (including phenoxy) is 1. The predicted octanol–water partition coefficient (Wildman–Crippen LogP) is 1.73. The molecule has 3 nitrogen and oxygen atoms in total. The van der Waals surface area contributed by atoms with Gasteiger partial charge in [0.1, 0.15) is 6.61 Å². The van der Waals surface area contributed by atoms with Crippen LogP contribution in [0.1, 0.15) is 5.56 Å². The van der Waals surface area contributed by atoms with Crippen molar-refractivity contribution in [2.45, 2.75) is 6.42 Å². The second kappa shape index (κ2) is 5.54. The van der Waals surface area contributed by atoms with E-state index in [1.165, 1.54) is 0 Å². The third-order valence-corrected chi connectivity index (χ3v) is 2.16. The summed E-state index contributed by atoms with van der Waals surface area (Å²) in [5.74, 6) is -0.112. The molecule has 1 rings (SSSR count). The number of hydrogen-bond acceptors (Lipinski definition) is 3. The van der Waals surface area contributed by atoms with E-state index in [0.717, 1.165) is 10.0 Å². The molecule has 0 aromatic heterocycles. The molecule has 0 fully saturated rings. The van der Waals surface area contributed by atoms with Gasteiger partial charge in [-0.3, -0.25) is 9.59 Å². The Morgan fingerprint density at radius 3 is 2.57 bits per heavy atom. The summed E-state index contributed by atoms with van der Waals surface area (Å²) in [5.41, 5.74) is 0.910. The Kier molecular flexibility index (Phi) is 4.32. The van der Waals surface area contributed by atoms with Crippen LogP contribution < -0.4 is 0 Å². The van der Waals surface area contributed by atoms with Crippen molar-refractivity contribution >= 4 is 28.2 Å². The van der Waals surface area contributed by atoms with E-state index in [2.05, 4.69) is 20.7 Å². The lowest BCUT2D eigenvalue weighted by atomic mass is 10.1. The smallest absolute Gasteiger partial charge is 0.293 e. The molecular weight excluding hydrogens is 248 g/mol. The average molecular weight is 257 g/mol. The summed E-state index contributed by atoms with van der Waals surface area (Å²) in [6.07, 6.45) is 0.293. The van der Waals surface area contributed by atoms with Gasteiger partial charge >= 0.3 is 0 Å². The highest BCUT2D eigenvalue weighted by Gasteiger charge is 2.03. The highest BCUT2D eigenvalue weighted by molar-refractivity contribution is 9.10. The van der Waals surface area contributed by atoms with Gasteiger partial charge in [-0.25, -0.2) is 0 Å². The number of halogens is 1. The summed E-state index contributed by atoms with van der Waals surface area (Å²) in [6.45, 7) is 0.124. The molecule has 0 N–H and O–H groups in total. The van der Waals surface area contributed by atoms with Gasteiger partial charge in [-0.1, -0.05) is 28.1 Å². The van der Waals surface area contributed by atoms with E-state index >= 15 is 0 Å². The van der Waals surface area contributed by atoms with Crippen molar-refractivity contribution in [3.63, 3.8) is 0 Å². The van der Waals surface area contributed by atoms with Gasteiger partial charge < -0.3 is 4.74 Å². The molecule has 14 heavy (non-hydrogen) atoms.